The lowest BCUT2D eigenvalue weighted by atomic mass is 9.59. The minimum absolute atomic E-state index is 1.09. The normalized spacial score (nSPS) is 63.9. The number of hydrogen-bond acceptors (Lipinski definition) is 0. The van der Waals surface area contributed by atoms with Crippen molar-refractivity contribution in [2.75, 3.05) is 0 Å². The second kappa shape index (κ2) is 1.60. The van der Waals surface area contributed by atoms with E-state index >= 15 is 0 Å². The molecule has 3 aliphatic rings. The summed E-state index contributed by atoms with van der Waals surface area (Å²) in [5.41, 5.74) is 0. The summed E-state index contributed by atoms with van der Waals surface area (Å²) in [6.45, 7) is 2.45. The maximum absolute atomic E-state index is 2.45. The van der Waals surface area contributed by atoms with Crippen LogP contribution in [0.25, 0.3) is 0 Å². The van der Waals surface area contributed by atoms with Gasteiger partial charge in [0.25, 0.3) is 0 Å². The van der Waals surface area contributed by atoms with Gasteiger partial charge in [-0.2, -0.15) is 0 Å². The molecule has 3 saturated carbocycles. The monoisotopic (exact) mass is 136 g/mol. The largest absolute Gasteiger partial charge is 0.0622 e. The fourth-order valence-corrected chi connectivity index (χ4v) is 3.53. The molecule has 0 aromatic carbocycles. The van der Waals surface area contributed by atoms with Crippen molar-refractivity contribution in [3.05, 3.63) is 0 Å². The van der Waals surface area contributed by atoms with E-state index in [2.05, 4.69) is 6.92 Å². The van der Waals surface area contributed by atoms with Crippen molar-refractivity contribution in [3.8, 4) is 0 Å². The Morgan fingerprint density at radius 2 is 1.80 bits per heavy atom. The average molecular weight is 136 g/mol. The van der Waals surface area contributed by atoms with Crippen molar-refractivity contribution in [2.45, 2.75) is 32.6 Å². The van der Waals surface area contributed by atoms with Gasteiger partial charge in [0.05, 0.1) is 0 Å². The Morgan fingerprint density at radius 1 is 0.900 bits per heavy atom. The Morgan fingerprint density at radius 3 is 2.60 bits per heavy atom. The van der Waals surface area contributed by atoms with Gasteiger partial charge in [0.15, 0.2) is 0 Å². The van der Waals surface area contributed by atoms with E-state index in [1.807, 2.05) is 0 Å². The van der Waals surface area contributed by atoms with Crippen molar-refractivity contribution >= 4 is 0 Å². The topological polar surface area (TPSA) is 0 Å². The third kappa shape index (κ3) is 0.538. The van der Waals surface area contributed by atoms with Crippen molar-refractivity contribution in [1.82, 2.24) is 0 Å². The molecule has 0 bridgehead atoms. The molecule has 3 fully saturated rings. The molecule has 3 aliphatic carbocycles. The molecule has 0 radical (unpaired) electrons. The molecule has 0 nitrogen and oxygen atoms in total. The van der Waals surface area contributed by atoms with Crippen LogP contribution in [0.15, 0.2) is 0 Å². The second-order valence-corrected chi connectivity index (χ2v) is 4.78. The van der Waals surface area contributed by atoms with Crippen LogP contribution in [-0.4, -0.2) is 0 Å². The van der Waals surface area contributed by atoms with E-state index in [1.54, 1.807) is 25.7 Å². The zero-order valence-corrected chi connectivity index (χ0v) is 6.72. The van der Waals surface area contributed by atoms with E-state index in [4.69, 9.17) is 0 Å². The Kier molecular flexibility index (Phi) is 0.898. The summed E-state index contributed by atoms with van der Waals surface area (Å²) < 4.78 is 0. The first-order valence-electron chi connectivity index (χ1n) is 4.86. The Balaban J connectivity index is 1.79. The van der Waals surface area contributed by atoms with E-state index in [-0.39, 0.29) is 0 Å². The standard InChI is InChI=1S/C10H16/c1-6-4-10-8(6)3-2-7-5-9(7)10/h6-10H,2-5H2,1H3/t6?,7-,8?,9?,10?/m1/s1. The van der Waals surface area contributed by atoms with E-state index in [0.717, 1.165) is 5.92 Å². The number of hydrogen-bond donors (Lipinski definition) is 0. The highest BCUT2D eigenvalue weighted by Gasteiger charge is 2.54. The molecule has 0 aromatic heterocycles. The van der Waals surface area contributed by atoms with Gasteiger partial charge in [-0.05, 0) is 55.3 Å². The van der Waals surface area contributed by atoms with Gasteiger partial charge in [-0.3, -0.25) is 0 Å². The van der Waals surface area contributed by atoms with Crippen molar-refractivity contribution in [3.63, 3.8) is 0 Å². The third-order valence-electron chi connectivity index (χ3n) is 4.32. The highest BCUT2D eigenvalue weighted by molar-refractivity contribution is 5.04. The molecule has 0 heterocycles. The van der Waals surface area contributed by atoms with Crippen LogP contribution >= 0.6 is 0 Å². The fraction of sp³-hybridized carbons (Fsp3) is 1.00. The van der Waals surface area contributed by atoms with Gasteiger partial charge in [-0.15, -0.1) is 0 Å². The highest BCUT2D eigenvalue weighted by Crippen LogP contribution is 2.63. The van der Waals surface area contributed by atoms with Crippen molar-refractivity contribution in [2.24, 2.45) is 29.6 Å². The molecule has 4 unspecified atom stereocenters. The van der Waals surface area contributed by atoms with Crippen LogP contribution in [0.2, 0.25) is 0 Å². The number of fused-ring (bicyclic) bond motifs is 3. The minimum Gasteiger partial charge on any atom is -0.0622 e. The highest BCUT2D eigenvalue weighted by atomic mass is 14.6. The van der Waals surface area contributed by atoms with Crippen molar-refractivity contribution < 1.29 is 0 Å². The predicted molar refractivity (Wildman–Crippen MR) is 41.6 cm³/mol. The van der Waals surface area contributed by atoms with Crippen LogP contribution in [0.1, 0.15) is 32.6 Å². The molecule has 10 heavy (non-hydrogen) atoms. The second-order valence-electron chi connectivity index (χ2n) is 4.78. The number of rotatable bonds is 0. The van der Waals surface area contributed by atoms with E-state index in [1.165, 1.54) is 23.7 Å². The van der Waals surface area contributed by atoms with Crippen LogP contribution < -0.4 is 0 Å². The molecule has 0 aliphatic heterocycles. The summed E-state index contributed by atoms with van der Waals surface area (Å²) in [6.07, 6.45) is 6.34. The zero-order valence-electron chi connectivity index (χ0n) is 6.72. The first-order chi connectivity index (χ1) is 4.86. The Bertz CT molecular complexity index is 161. The third-order valence-corrected chi connectivity index (χ3v) is 4.32. The molecule has 0 N–H and O–H groups in total. The molecule has 3 rings (SSSR count). The quantitative estimate of drug-likeness (QED) is 0.480. The molecule has 0 aromatic rings. The molecule has 5 atom stereocenters. The van der Waals surface area contributed by atoms with Crippen LogP contribution in [0.3, 0.4) is 0 Å². The molecule has 0 amide bonds. The smallest absolute Gasteiger partial charge is 0.0349 e. The molecule has 56 valence electrons. The van der Waals surface area contributed by atoms with E-state index < -0.39 is 0 Å². The lowest BCUT2D eigenvalue weighted by Gasteiger charge is -2.46. The van der Waals surface area contributed by atoms with Crippen LogP contribution in [-0.2, 0) is 0 Å². The van der Waals surface area contributed by atoms with Crippen LogP contribution in [0, 0.1) is 29.6 Å². The van der Waals surface area contributed by atoms with Gasteiger partial charge < -0.3 is 0 Å². The van der Waals surface area contributed by atoms with Gasteiger partial charge in [0.2, 0.25) is 0 Å². The maximum Gasteiger partial charge on any atom is -0.0349 e. The zero-order chi connectivity index (χ0) is 6.72. The van der Waals surface area contributed by atoms with Crippen LogP contribution in [0.4, 0.5) is 0 Å². The van der Waals surface area contributed by atoms with Crippen molar-refractivity contribution in [1.29, 1.82) is 0 Å². The fourth-order valence-electron chi connectivity index (χ4n) is 3.53. The summed E-state index contributed by atoms with van der Waals surface area (Å²) in [7, 11) is 0. The van der Waals surface area contributed by atoms with E-state index in [9.17, 15) is 0 Å². The Labute approximate surface area is 63.0 Å². The van der Waals surface area contributed by atoms with Gasteiger partial charge >= 0.3 is 0 Å². The summed E-state index contributed by atoms with van der Waals surface area (Å²) in [5, 5.41) is 0. The minimum atomic E-state index is 1.09. The predicted octanol–water partition coefficient (Wildman–Crippen LogP) is 2.69. The first kappa shape index (κ1) is 5.62. The summed E-state index contributed by atoms with van der Waals surface area (Å²) in [4.78, 5) is 0. The lowest BCUT2D eigenvalue weighted by molar-refractivity contribution is 0.0310. The molecular weight excluding hydrogens is 120 g/mol. The summed E-state index contributed by atoms with van der Waals surface area (Å²) in [6, 6.07) is 0. The molecule has 0 heteroatoms. The summed E-state index contributed by atoms with van der Waals surface area (Å²) >= 11 is 0. The first-order valence-corrected chi connectivity index (χ1v) is 4.86. The van der Waals surface area contributed by atoms with Crippen LogP contribution in [0.5, 0.6) is 0 Å². The average Bonchev–Trinajstić information content (AvgIpc) is 2.63. The molecule has 0 spiro atoms. The molecular formula is C10H16. The maximum atomic E-state index is 2.45. The van der Waals surface area contributed by atoms with Gasteiger partial charge in [0, 0.05) is 0 Å². The van der Waals surface area contributed by atoms with Gasteiger partial charge in [-0.25, -0.2) is 0 Å². The van der Waals surface area contributed by atoms with E-state index in [0.29, 0.717) is 0 Å². The lowest BCUT2D eigenvalue weighted by Crippen LogP contribution is -2.38. The molecule has 0 saturated heterocycles. The SMILES string of the molecule is CC1CC2C1CC[C@@H]1CC21. The van der Waals surface area contributed by atoms with Gasteiger partial charge in [0.1, 0.15) is 0 Å². The Hall–Kier alpha value is 0. The van der Waals surface area contributed by atoms with Gasteiger partial charge in [-0.1, -0.05) is 6.92 Å². The summed E-state index contributed by atoms with van der Waals surface area (Å²) in [5.74, 6) is 5.88.